The van der Waals surface area contributed by atoms with Gasteiger partial charge >= 0.3 is 38.3 Å². The van der Waals surface area contributed by atoms with E-state index in [1.165, 1.54) is 0 Å². The van der Waals surface area contributed by atoms with Crippen LogP contribution >= 0.6 is 0 Å². The van der Waals surface area contributed by atoms with Gasteiger partial charge in [-0.25, -0.2) is 4.79 Å². The Balaban J connectivity index is -0.0000000347. The molecule has 0 aliphatic rings. The Bertz CT molecular complexity index is 116. The SMILES string of the molecule is CCO[Si](O)(O)O.O=C(O)O.[H-].[H-].[Mg+2]. The van der Waals surface area contributed by atoms with Crippen LogP contribution in [-0.2, 0) is 4.43 Å². The van der Waals surface area contributed by atoms with E-state index in [0.29, 0.717) is 0 Å². The molecule has 72 valence electrons. The number of rotatable bonds is 2. The standard InChI is InChI=1S/C2H8O4Si.CH2O3.Mg.2H/c1-2-6-7(3,4)5;2-1(3)4;;;/h3-5H,2H2,1H3;(H2,2,3,4);;;/q;;+2;2*-1. The van der Waals surface area contributed by atoms with Crippen LogP contribution in [0.25, 0.3) is 0 Å². The Morgan fingerprint density at radius 1 is 1.42 bits per heavy atom. The molecule has 7 nitrogen and oxygen atoms in total. The van der Waals surface area contributed by atoms with Gasteiger partial charge in [-0.3, -0.25) is 0 Å². The minimum Gasteiger partial charge on any atom is -1.00 e. The van der Waals surface area contributed by atoms with Crippen LogP contribution in [0.15, 0.2) is 0 Å². The van der Waals surface area contributed by atoms with Gasteiger partial charge in [-0.2, -0.15) is 0 Å². The number of carbonyl (C=O) groups is 1. The third kappa shape index (κ3) is 49.8. The molecule has 0 amide bonds. The van der Waals surface area contributed by atoms with Gasteiger partial charge in [-0.05, 0) is 6.92 Å². The van der Waals surface area contributed by atoms with Gasteiger partial charge in [0, 0.05) is 6.61 Å². The van der Waals surface area contributed by atoms with Crippen molar-refractivity contribution in [1.82, 2.24) is 0 Å². The molecule has 0 aromatic rings. The van der Waals surface area contributed by atoms with E-state index in [4.69, 9.17) is 29.4 Å². The molecule has 0 aliphatic heterocycles. The van der Waals surface area contributed by atoms with E-state index in [-0.39, 0.29) is 32.5 Å². The summed E-state index contributed by atoms with van der Waals surface area (Å²) in [5, 5.41) is 13.9. The van der Waals surface area contributed by atoms with Crippen molar-refractivity contribution in [1.29, 1.82) is 0 Å². The van der Waals surface area contributed by atoms with Gasteiger partial charge in [0.1, 0.15) is 0 Å². The molecule has 5 N–H and O–H groups in total. The van der Waals surface area contributed by atoms with Crippen LogP contribution in [0.4, 0.5) is 4.79 Å². The molecule has 0 radical (unpaired) electrons. The molecule has 0 aliphatic carbocycles. The van der Waals surface area contributed by atoms with Crippen molar-refractivity contribution in [2.24, 2.45) is 0 Å². The smallest absolute Gasteiger partial charge is 1.00 e. The van der Waals surface area contributed by atoms with Gasteiger partial charge < -0.3 is 31.9 Å². The van der Waals surface area contributed by atoms with Crippen LogP contribution < -0.4 is 0 Å². The molecule has 0 rings (SSSR count). The Hall–Kier alpha value is 0.0931. The van der Waals surface area contributed by atoms with Gasteiger partial charge in [-0.1, -0.05) is 0 Å². The van der Waals surface area contributed by atoms with Crippen molar-refractivity contribution in [3.05, 3.63) is 0 Å². The predicted molar refractivity (Wildman–Crippen MR) is 42.7 cm³/mol. The Labute approximate surface area is 88.8 Å². The van der Waals surface area contributed by atoms with Crippen LogP contribution in [0.2, 0.25) is 0 Å². The van der Waals surface area contributed by atoms with Crippen LogP contribution in [-0.4, -0.2) is 69.5 Å². The fourth-order valence-corrected chi connectivity index (χ4v) is 0.581. The summed E-state index contributed by atoms with van der Waals surface area (Å²) in [7, 11) is -4.16. The molecule has 0 spiro atoms. The number of hydrogen-bond acceptors (Lipinski definition) is 5. The average molecular weight is 213 g/mol. The van der Waals surface area contributed by atoms with Gasteiger partial charge in [0.15, 0.2) is 0 Å². The summed E-state index contributed by atoms with van der Waals surface area (Å²) in [6, 6.07) is 0. The molecule has 0 heterocycles. The summed E-state index contributed by atoms with van der Waals surface area (Å²) in [5.41, 5.74) is 0. The maximum Gasteiger partial charge on any atom is 2.00 e. The Morgan fingerprint density at radius 2 is 1.67 bits per heavy atom. The summed E-state index contributed by atoms with van der Waals surface area (Å²) in [6.07, 6.45) is -1.83. The molecule has 0 aromatic heterocycles. The summed E-state index contributed by atoms with van der Waals surface area (Å²) < 4.78 is 4.03. The largest absolute Gasteiger partial charge is 2.00 e. The molecule has 0 aromatic carbocycles. The second-order valence-electron chi connectivity index (χ2n) is 1.29. The molecule has 0 atom stereocenters. The van der Waals surface area contributed by atoms with Gasteiger partial charge in [0.05, 0.1) is 0 Å². The van der Waals surface area contributed by atoms with E-state index in [1.807, 2.05) is 0 Å². The summed E-state index contributed by atoms with van der Waals surface area (Å²) >= 11 is 0. The van der Waals surface area contributed by atoms with Crippen molar-refractivity contribution in [3.8, 4) is 0 Å². The molecule has 12 heavy (non-hydrogen) atoms. The first-order chi connectivity index (χ1) is 4.79. The van der Waals surface area contributed by atoms with E-state index in [2.05, 4.69) is 4.43 Å². The molecule has 9 heteroatoms. The van der Waals surface area contributed by atoms with Crippen LogP contribution in [0.5, 0.6) is 0 Å². The fraction of sp³-hybridized carbons (Fsp3) is 0.667. The zero-order valence-electron chi connectivity index (χ0n) is 8.47. The van der Waals surface area contributed by atoms with Crippen LogP contribution in [0.1, 0.15) is 9.78 Å². The minimum atomic E-state index is -4.16. The molecule has 0 bridgehead atoms. The topological polar surface area (TPSA) is 127 Å². The zero-order chi connectivity index (χ0) is 9.49. The number of hydrogen-bond donors (Lipinski definition) is 5. The van der Waals surface area contributed by atoms with Crippen molar-refractivity contribution in [2.45, 2.75) is 6.92 Å². The van der Waals surface area contributed by atoms with E-state index < -0.39 is 15.2 Å². The first-order valence-corrected chi connectivity index (χ1v) is 4.27. The van der Waals surface area contributed by atoms with Gasteiger partial charge in [-0.15, -0.1) is 0 Å². The van der Waals surface area contributed by atoms with Crippen molar-refractivity contribution >= 4 is 38.3 Å². The van der Waals surface area contributed by atoms with E-state index >= 15 is 0 Å². The predicted octanol–water partition coefficient (Wildman–Crippen LogP) is -1.50. The fourth-order valence-electron chi connectivity index (χ4n) is 0.194. The zero-order valence-corrected chi connectivity index (χ0v) is 8.88. The molecule has 0 unspecified atom stereocenters. The summed E-state index contributed by atoms with van der Waals surface area (Å²) in [6.45, 7) is 1.68. The molecule has 0 fully saturated rings. The summed E-state index contributed by atoms with van der Waals surface area (Å²) in [5.74, 6) is 0. The first kappa shape index (κ1) is 18.0. The maximum absolute atomic E-state index is 8.56. The second-order valence-corrected chi connectivity index (χ2v) is 2.73. The van der Waals surface area contributed by atoms with Crippen molar-refractivity contribution in [3.63, 3.8) is 0 Å². The monoisotopic (exact) mass is 212 g/mol. The minimum absolute atomic E-state index is 0. The van der Waals surface area contributed by atoms with E-state index in [0.717, 1.165) is 0 Å². The molecule has 0 saturated heterocycles. The van der Waals surface area contributed by atoms with Gasteiger partial charge in [0.25, 0.3) is 0 Å². The third-order valence-electron chi connectivity index (χ3n) is 0.338. The molecule has 0 saturated carbocycles. The Kier molecular flexibility index (Phi) is 13.8. The van der Waals surface area contributed by atoms with Crippen LogP contribution in [0.3, 0.4) is 0 Å². The average Bonchev–Trinajstić information content (AvgIpc) is 1.58. The maximum atomic E-state index is 8.56. The van der Waals surface area contributed by atoms with Crippen LogP contribution in [0, 0.1) is 0 Å². The molecular weight excluding hydrogens is 200 g/mol. The quantitative estimate of drug-likeness (QED) is 0.353. The van der Waals surface area contributed by atoms with Gasteiger partial charge in [0.2, 0.25) is 0 Å². The first-order valence-electron chi connectivity index (χ1n) is 2.52. The van der Waals surface area contributed by atoms with Crippen molar-refractivity contribution < 1.29 is 36.7 Å². The normalized spacial score (nSPS) is 9.00. The van der Waals surface area contributed by atoms with Crippen molar-refractivity contribution in [2.75, 3.05) is 6.61 Å². The third-order valence-corrected chi connectivity index (χ3v) is 1.01. The van der Waals surface area contributed by atoms with E-state index in [1.54, 1.807) is 6.92 Å². The Morgan fingerprint density at radius 3 is 1.67 bits per heavy atom. The van der Waals surface area contributed by atoms with E-state index in [9.17, 15) is 0 Å². The molecular formula is C3H12MgO7Si. The number of carboxylic acid groups (broad SMARTS) is 2. The summed E-state index contributed by atoms with van der Waals surface area (Å²) in [4.78, 5) is 32.7. The second kappa shape index (κ2) is 9.18.